The van der Waals surface area contributed by atoms with Crippen LogP contribution in [0, 0.1) is 0 Å². The summed E-state index contributed by atoms with van der Waals surface area (Å²) in [6.45, 7) is 10.5. The van der Waals surface area contributed by atoms with Gasteiger partial charge in [0.05, 0.1) is 11.2 Å². The third kappa shape index (κ3) is 4.04. The van der Waals surface area contributed by atoms with Crippen molar-refractivity contribution in [2.24, 2.45) is 0 Å². The fourth-order valence-corrected chi connectivity index (χ4v) is 2.93. The lowest BCUT2D eigenvalue weighted by atomic mass is 9.98. The van der Waals surface area contributed by atoms with Crippen LogP contribution in [0.4, 0.5) is 0 Å². The van der Waals surface area contributed by atoms with E-state index in [2.05, 4.69) is 38.4 Å². The average molecular weight is 270 g/mol. The van der Waals surface area contributed by atoms with Crippen molar-refractivity contribution in [2.75, 3.05) is 20.3 Å². The number of rotatable bonds is 8. The minimum absolute atomic E-state index is 0.0656. The Balaban J connectivity index is 2.85. The zero-order valence-corrected chi connectivity index (χ0v) is 13.1. The summed E-state index contributed by atoms with van der Waals surface area (Å²) in [4.78, 5) is 4.79. The third-order valence-electron chi connectivity index (χ3n) is 3.16. The number of methoxy groups -OCH3 is 1. The first-order valence-corrected chi connectivity index (χ1v) is 7.61. The lowest BCUT2D eigenvalue weighted by molar-refractivity contribution is 0.159. The number of ether oxygens (including phenoxy) is 1. The standard InChI is InChI=1S/C14H26N2OS/c1-6-8-15-14(4,7-9-17-5)13-16-12(10-18-13)11(2)3/h10-11,15H,6-9H2,1-5H3. The van der Waals surface area contributed by atoms with Crippen LogP contribution in [0.25, 0.3) is 0 Å². The summed E-state index contributed by atoms with van der Waals surface area (Å²) in [7, 11) is 1.75. The van der Waals surface area contributed by atoms with Gasteiger partial charge in [-0.15, -0.1) is 11.3 Å². The van der Waals surface area contributed by atoms with Gasteiger partial charge in [0.2, 0.25) is 0 Å². The molecule has 0 aromatic carbocycles. The first-order chi connectivity index (χ1) is 8.53. The van der Waals surface area contributed by atoms with Gasteiger partial charge >= 0.3 is 0 Å². The molecule has 0 saturated carbocycles. The predicted octanol–water partition coefficient (Wildman–Crippen LogP) is 3.52. The molecule has 0 fully saturated rings. The van der Waals surface area contributed by atoms with Crippen molar-refractivity contribution in [2.45, 2.75) is 52.0 Å². The molecule has 0 saturated heterocycles. The topological polar surface area (TPSA) is 34.1 Å². The number of nitrogens with one attached hydrogen (secondary N) is 1. The molecule has 0 spiro atoms. The van der Waals surface area contributed by atoms with Crippen molar-refractivity contribution in [1.29, 1.82) is 0 Å². The molecule has 1 aromatic heterocycles. The second-order valence-corrected chi connectivity index (χ2v) is 6.09. The molecule has 1 rings (SSSR count). The summed E-state index contributed by atoms with van der Waals surface area (Å²) < 4.78 is 5.23. The molecule has 3 nitrogen and oxygen atoms in total. The molecule has 1 N–H and O–H groups in total. The highest BCUT2D eigenvalue weighted by Crippen LogP contribution is 2.29. The van der Waals surface area contributed by atoms with Crippen LogP contribution in [0.3, 0.4) is 0 Å². The van der Waals surface area contributed by atoms with Crippen LogP contribution in [0.15, 0.2) is 5.38 Å². The number of hydrogen-bond donors (Lipinski definition) is 1. The maximum absolute atomic E-state index is 5.23. The molecule has 1 heterocycles. The average Bonchev–Trinajstić information content (AvgIpc) is 2.84. The minimum Gasteiger partial charge on any atom is -0.385 e. The van der Waals surface area contributed by atoms with Gasteiger partial charge in [0.1, 0.15) is 5.01 Å². The van der Waals surface area contributed by atoms with Crippen LogP contribution in [0.2, 0.25) is 0 Å². The SMILES string of the molecule is CCCNC(C)(CCOC)c1nc(C(C)C)cs1. The Bertz CT molecular complexity index is 341. The van der Waals surface area contributed by atoms with E-state index >= 15 is 0 Å². The Hall–Kier alpha value is -0.450. The summed E-state index contributed by atoms with van der Waals surface area (Å²) in [6, 6.07) is 0. The van der Waals surface area contributed by atoms with E-state index in [1.165, 1.54) is 10.7 Å². The number of hydrogen-bond acceptors (Lipinski definition) is 4. The smallest absolute Gasteiger partial charge is 0.113 e. The van der Waals surface area contributed by atoms with Gasteiger partial charge in [0.25, 0.3) is 0 Å². The lowest BCUT2D eigenvalue weighted by Crippen LogP contribution is -2.41. The molecule has 104 valence electrons. The molecular weight excluding hydrogens is 244 g/mol. The van der Waals surface area contributed by atoms with Crippen molar-refractivity contribution in [3.05, 3.63) is 16.1 Å². The second-order valence-electron chi connectivity index (χ2n) is 5.23. The van der Waals surface area contributed by atoms with Gasteiger partial charge in [0.15, 0.2) is 0 Å². The molecule has 18 heavy (non-hydrogen) atoms. The van der Waals surface area contributed by atoms with Gasteiger partial charge < -0.3 is 10.1 Å². The highest BCUT2D eigenvalue weighted by molar-refractivity contribution is 7.09. The minimum atomic E-state index is -0.0656. The highest BCUT2D eigenvalue weighted by atomic mass is 32.1. The molecule has 0 aliphatic carbocycles. The zero-order chi connectivity index (χ0) is 13.6. The van der Waals surface area contributed by atoms with Crippen LogP contribution in [0.1, 0.15) is 57.2 Å². The molecule has 1 atom stereocenters. The molecule has 1 unspecified atom stereocenters. The molecule has 0 aliphatic heterocycles. The molecule has 4 heteroatoms. The quantitative estimate of drug-likeness (QED) is 0.785. The number of thiazole rings is 1. The molecule has 0 bridgehead atoms. The van der Waals surface area contributed by atoms with Gasteiger partial charge in [0, 0.05) is 19.1 Å². The summed E-state index contributed by atoms with van der Waals surface area (Å²) in [5.41, 5.74) is 1.13. The van der Waals surface area contributed by atoms with Crippen LogP contribution in [0.5, 0.6) is 0 Å². The summed E-state index contributed by atoms with van der Waals surface area (Å²) in [5, 5.41) is 6.97. The van der Waals surface area contributed by atoms with Gasteiger partial charge in [-0.3, -0.25) is 0 Å². The maximum atomic E-state index is 5.23. The van der Waals surface area contributed by atoms with Crippen LogP contribution >= 0.6 is 11.3 Å². The fraction of sp³-hybridized carbons (Fsp3) is 0.786. The zero-order valence-electron chi connectivity index (χ0n) is 12.2. The van der Waals surface area contributed by atoms with E-state index in [1.807, 2.05) is 0 Å². The first-order valence-electron chi connectivity index (χ1n) is 6.73. The van der Waals surface area contributed by atoms with E-state index in [9.17, 15) is 0 Å². The molecule has 1 aromatic rings. The van der Waals surface area contributed by atoms with Gasteiger partial charge in [-0.1, -0.05) is 20.8 Å². The Morgan fingerprint density at radius 3 is 2.72 bits per heavy atom. The van der Waals surface area contributed by atoms with E-state index in [-0.39, 0.29) is 5.54 Å². The van der Waals surface area contributed by atoms with Crippen LogP contribution in [-0.4, -0.2) is 25.2 Å². The monoisotopic (exact) mass is 270 g/mol. The number of aromatic nitrogens is 1. The maximum Gasteiger partial charge on any atom is 0.113 e. The molecular formula is C14H26N2OS. The van der Waals surface area contributed by atoms with E-state index < -0.39 is 0 Å². The molecule has 0 radical (unpaired) electrons. The second kappa shape index (κ2) is 7.22. The van der Waals surface area contributed by atoms with Crippen molar-refractivity contribution in [3.8, 4) is 0 Å². The van der Waals surface area contributed by atoms with Crippen molar-refractivity contribution in [3.63, 3.8) is 0 Å². The highest BCUT2D eigenvalue weighted by Gasteiger charge is 2.29. The summed E-state index contributed by atoms with van der Waals surface area (Å²) in [6.07, 6.45) is 2.08. The van der Waals surface area contributed by atoms with E-state index in [1.54, 1.807) is 18.4 Å². The largest absolute Gasteiger partial charge is 0.385 e. The van der Waals surface area contributed by atoms with Crippen LogP contribution < -0.4 is 5.32 Å². The third-order valence-corrected chi connectivity index (χ3v) is 4.28. The van der Waals surface area contributed by atoms with E-state index in [0.717, 1.165) is 26.0 Å². The predicted molar refractivity (Wildman–Crippen MR) is 78.3 cm³/mol. The normalized spacial score (nSPS) is 15.0. The fourth-order valence-electron chi connectivity index (χ4n) is 1.78. The number of nitrogens with zero attached hydrogens (tertiary/aromatic N) is 1. The Morgan fingerprint density at radius 2 is 2.22 bits per heavy atom. The van der Waals surface area contributed by atoms with Gasteiger partial charge in [-0.2, -0.15) is 0 Å². The Morgan fingerprint density at radius 1 is 1.50 bits per heavy atom. The summed E-state index contributed by atoms with van der Waals surface area (Å²) >= 11 is 1.76. The van der Waals surface area contributed by atoms with Crippen molar-refractivity contribution in [1.82, 2.24) is 10.3 Å². The Kier molecular flexibility index (Phi) is 6.26. The summed E-state index contributed by atoms with van der Waals surface area (Å²) in [5.74, 6) is 0.493. The Labute approximate surface area is 115 Å². The molecule has 0 aliphatic rings. The van der Waals surface area contributed by atoms with Gasteiger partial charge in [-0.25, -0.2) is 4.98 Å². The first kappa shape index (κ1) is 15.6. The van der Waals surface area contributed by atoms with Crippen LogP contribution in [-0.2, 0) is 10.3 Å². The van der Waals surface area contributed by atoms with E-state index in [4.69, 9.17) is 9.72 Å². The molecule has 0 amide bonds. The van der Waals surface area contributed by atoms with E-state index in [0.29, 0.717) is 5.92 Å². The van der Waals surface area contributed by atoms with Gasteiger partial charge in [-0.05, 0) is 32.2 Å². The lowest BCUT2D eigenvalue weighted by Gasteiger charge is -2.28. The van der Waals surface area contributed by atoms with Crippen molar-refractivity contribution >= 4 is 11.3 Å². The van der Waals surface area contributed by atoms with Crippen molar-refractivity contribution < 1.29 is 4.74 Å².